The van der Waals surface area contributed by atoms with Gasteiger partial charge in [-0.2, -0.15) is 0 Å². The van der Waals surface area contributed by atoms with Crippen molar-refractivity contribution in [2.24, 2.45) is 0 Å². The van der Waals surface area contributed by atoms with Gasteiger partial charge >= 0.3 is 0 Å². The van der Waals surface area contributed by atoms with Gasteiger partial charge in [-0.05, 0) is 31.9 Å². The maximum atomic E-state index is 12.2. The Labute approximate surface area is 115 Å². The monoisotopic (exact) mass is 285 g/mol. The lowest BCUT2D eigenvalue weighted by atomic mass is 10.00. The Morgan fingerprint density at radius 3 is 2.42 bits per heavy atom. The van der Waals surface area contributed by atoms with E-state index in [9.17, 15) is 13.5 Å². The standard InChI is InChI=1S/C14H23NO3S/c1-4-10-19(17,18)13-9-7-6-8-12(13)15-14(3,5-2)11-16/h6-9,15-16H,4-5,10-11H2,1-3H3. The summed E-state index contributed by atoms with van der Waals surface area (Å²) < 4.78 is 24.4. The molecule has 19 heavy (non-hydrogen) atoms. The van der Waals surface area contributed by atoms with Crippen LogP contribution in [-0.4, -0.2) is 31.4 Å². The van der Waals surface area contributed by atoms with Crippen molar-refractivity contribution in [2.75, 3.05) is 17.7 Å². The minimum atomic E-state index is -3.27. The molecule has 0 aromatic heterocycles. The Morgan fingerprint density at radius 2 is 1.89 bits per heavy atom. The van der Waals surface area contributed by atoms with E-state index in [1.165, 1.54) is 0 Å². The normalized spacial score (nSPS) is 14.9. The van der Waals surface area contributed by atoms with Gasteiger partial charge in [0.2, 0.25) is 0 Å². The van der Waals surface area contributed by atoms with E-state index in [0.717, 1.165) is 0 Å². The fraction of sp³-hybridized carbons (Fsp3) is 0.571. The van der Waals surface area contributed by atoms with Crippen molar-refractivity contribution in [2.45, 2.75) is 44.0 Å². The van der Waals surface area contributed by atoms with Crippen molar-refractivity contribution in [3.63, 3.8) is 0 Å². The molecule has 1 aromatic carbocycles. The number of hydrogen-bond acceptors (Lipinski definition) is 4. The number of rotatable bonds is 7. The maximum Gasteiger partial charge on any atom is 0.180 e. The zero-order valence-corrected chi connectivity index (χ0v) is 12.6. The first-order valence-corrected chi connectivity index (χ1v) is 8.24. The van der Waals surface area contributed by atoms with Gasteiger partial charge in [-0.25, -0.2) is 8.42 Å². The summed E-state index contributed by atoms with van der Waals surface area (Å²) >= 11 is 0. The average molecular weight is 285 g/mol. The minimum absolute atomic E-state index is 0.0499. The van der Waals surface area contributed by atoms with Gasteiger partial charge in [-0.15, -0.1) is 0 Å². The van der Waals surface area contributed by atoms with Crippen LogP contribution in [0.5, 0.6) is 0 Å². The topological polar surface area (TPSA) is 66.4 Å². The summed E-state index contributed by atoms with van der Waals surface area (Å²) in [6, 6.07) is 6.86. The molecule has 1 aromatic rings. The summed E-state index contributed by atoms with van der Waals surface area (Å²) in [5.74, 6) is 0.133. The maximum absolute atomic E-state index is 12.2. The second kappa shape index (κ2) is 6.39. The lowest BCUT2D eigenvalue weighted by Gasteiger charge is -2.29. The van der Waals surface area contributed by atoms with Crippen LogP contribution in [0.15, 0.2) is 29.2 Å². The zero-order valence-electron chi connectivity index (χ0n) is 11.8. The van der Waals surface area contributed by atoms with Crippen LogP contribution in [0.3, 0.4) is 0 Å². The Hall–Kier alpha value is -1.07. The zero-order chi connectivity index (χ0) is 14.5. The van der Waals surface area contributed by atoms with Gasteiger partial charge < -0.3 is 10.4 Å². The Bertz CT molecular complexity index is 507. The molecule has 0 heterocycles. The van der Waals surface area contributed by atoms with Gasteiger partial charge in [0, 0.05) is 0 Å². The molecule has 0 radical (unpaired) electrons. The summed E-state index contributed by atoms with van der Waals surface area (Å²) in [5, 5.41) is 12.6. The van der Waals surface area contributed by atoms with Crippen LogP contribution < -0.4 is 5.32 Å². The summed E-state index contributed by atoms with van der Waals surface area (Å²) in [7, 11) is -3.27. The van der Waals surface area contributed by atoms with Gasteiger partial charge in [-0.1, -0.05) is 26.0 Å². The largest absolute Gasteiger partial charge is 0.394 e. The van der Waals surface area contributed by atoms with E-state index in [2.05, 4.69) is 5.32 Å². The van der Waals surface area contributed by atoms with Crippen molar-refractivity contribution in [1.29, 1.82) is 0 Å². The molecule has 2 N–H and O–H groups in total. The molecule has 108 valence electrons. The van der Waals surface area contributed by atoms with Crippen LogP contribution in [0.2, 0.25) is 0 Å². The number of hydrogen-bond donors (Lipinski definition) is 2. The number of sulfone groups is 1. The molecule has 0 aliphatic carbocycles. The first kappa shape index (κ1) is 16.0. The molecule has 4 nitrogen and oxygen atoms in total. The van der Waals surface area contributed by atoms with Gasteiger partial charge in [0.1, 0.15) is 0 Å². The molecule has 0 spiro atoms. The summed E-state index contributed by atoms with van der Waals surface area (Å²) in [4.78, 5) is 0.310. The second-order valence-electron chi connectivity index (χ2n) is 5.01. The first-order valence-electron chi connectivity index (χ1n) is 6.59. The van der Waals surface area contributed by atoms with Crippen molar-refractivity contribution < 1.29 is 13.5 Å². The summed E-state index contributed by atoms with van der Waals surface area (Å²) in [6.07, 6.45) is 1.29. The van der Waals surface area contributed by atoms with Crippen LogP contribution in [-0.2, 0) is 9.84 Å². The highest BCUT2D eigenvalue weighted by molar-refractivity contribution is 7.91. The van der Waals surface area contributed by atoms with E-state index < -0.39 is 15.4 Å². The van der Waals surface area contributed by atoms with E-state index in [0.29, 0.717) is 23.4 Å². The molecule has 0 saturated heterocycles. The van der Waals surface area contributed by atoms with E-state index >= 15 is 0 Å². The van der Waals surface area contributed by atoms with Crippen LogP contribution in [0.4, 0.5) is 5.69 Å². The van der Waals surface area contributed by atoms with Crippen molar-refractivity contribution in [1.82, 2.24) is 0 Å². The molecule has 1 unspecified atom stereocenters. The van der Waals surface area contributed by atoms with Gasteiger partial charge in [-0.3, -0.25) is 0 Å². The molecule has 0 aliphatic heterocycles. The average Bonchev–Trinajstić information content (AvgIpc) is 2.39. The Balaban J connectivity index is 3.17. The summed E-state index contributed by atoms with van der Waals surface area (Å²) in [5.41, 5.74) is 0.0482. The molecule has 1 atom stereocenters. The van der Waals surface area contributed by atoms with Gasteiger partial charge in [0.05, 0.1) is 28.5 Å². The highest BCUT2D eigenvalue weighted by Gasteiger charge is 2.24. The molecule has 5 heteroatoms. The lowest BCUT2D eigenvalue weighted by Crippen LogP contribution is -2.38. The smallest absolute Gasteiger partial charge is 0.180 e. The first-order chi connectivity index (χ1) is 8.88. The minimum Gasteiger partial charge on any atom is -0.394 e. The molecular formula is C14H23NO3S. The predicted molar refractivity (Wildman–Crippen MR) is 78.2 cm³/mol. The van der Waals surface area contributed by atoms with Crippen LogP contribution in [0.25, 0.3) is 0 Å². The third kappa shape index (κ3) is 3.94. The van der Waals surface area contributed by atoms with Crippen molar-refractivity contribution in [3.8, 4) is 0 Å². The number of nitrogens with one attached hydrogen (secondary N) is 1. The van der Waals surface area contributed by atoms with Gasteiger partial charge in [0.25, 0.3) is 0 Å². The van der Waals surface area contributed by atoms with E-state index in [-0.39, 0.29) is 12.4 Å². The Kier molecular flexibility index (Phi) is 5.38. The van der Waals surface area contributed by atoms with Gasteiger partial charge in [0.15, 0.2) is 9.84 Å². The number of para-hydroxylation sites is 1. The van der Waals surface area contributed by atoms with Crippen LogP contribution in [0.1, 0.15) is 33.6 Å². The molecule has 0 aliphatic rings. The molecule has 0 saturated carbocycles. The molecule has 0 bridgehead atoms. The molecule has 0 amide bonds. The van der Waals surface area contributed by atoms with Crippen molar-refractivity contribution in [3.05, 3.63) is 24.3 Å². The second-order valence-corrected chi connectivity index (χ2v) is 7.09. The lowest BCUT2D eigenvalue weighted by molar-refractivity contribution is 0.218. The van der Waals surface area contributed by atoms with E-state index in [4.69, 9.17) is 0 Å². The number of benzene rings is 1. The van der Waals surface area contributed by atoms with Crippen LogP contribution in [0, 0.1) is 0 Å². The quantitative estimate of drug-likeness (QED) is 0.807. The van der Waals surface area contributed by atoms with Crippen molar-refractivity contribution >= 4 is 15.5 Å². The SMILES string of the molecule is CCCS(=O)(=O)c1ccccc1NC(C)(CC)CO. The fourth-order valence-electron chi connectivity index (χ4n) is 1.78. The van der Waals surface area contributed by atoms with E-state index in [1.54, 1.807) is 24.3 Å². The van der Waals surface area contributed by atoms with E-state index in [1.807, 2.05) is 20.8 Å². The number of anilines is 1. The third-order valence-electron chi connectivity index (χ3n) is 3.26. The third-order valence-corrected chi connectivity index (χ3v) is 5.23. The molecule has 1 rings (SSSR count). The van der Waals surface area contributed by atoms with Crippen LogP contribution >= 0.6 is 0 Å². The Morgan fingerprint density at radius 1 is 1.26 bits per heavy atom. The number of aliphatic hydroxyl groups excluding tert-OH is 1. The summed E-state index contributed by atoms with van der Waals surface area (Å²) in [6.45, 7) is 5.62. The predicted octanol–water partition coefficient (Wildman–Crippen LogP) is 2.44. The molecule has 0 fully saturated rings. The fourth-order valence-corrected chi connectivity index (χ4v) is 3.28. The highest BCUT2D eigenvalue weighted by atomic mass is 32.2. The molecular weight excluding hydrogens is 262 g/mol. The highest BCUT2D eigenvalue weighted by Crippen LogP contribution is 2.26. The number of aliphatic hydroxyl groups is 1.